The van der Waals surface area contributed by atoms with E-state index < -0.39 is 0 Å². The Hall–Kier alpha value is -2.87. The Morgan fingerprint density at radius 1 is 1.24 bits per heavy atom. The van der Waals surface area contributed by atoms with Crippen LogP contribution in [0.1, 0.15) is 41.4 Å². The average Bonchev–Trinajstić information content (AvgIpc) is 3.05. The van der Waals surface area contributed by atoms with Crippen molar-refractivity contribution >= 4 is 16.9 Å². The minimum atomic E-state index is 0.329. The molecule has 126 valence electrons. The van der Waals surface area contributed by atoms with Crippen LogP contribution in [0.2, 0.25) is 0 Å². The molecule has 0 saturated carbocycles. The van der Waals surface area contributed by atoms with Gasteiger partial charge in [0.25, 0.3) is 0 Å². The summed E-state index contributed by atoms with van der Waals surface area (Å²) in [6.45, 7) is 5.74. The van der Waals surface area contributed by atoms with Gasteiger partial charge >= 0.3 is 0 Å². The highest BCUT2D eigenvalue weighted by molar-refractivity contribution is 5.74. The van der Waals surface area contributed by atoms with Gasteiger partial charge in [0.2, 0.25) is 0 Å². The van der Waals surface area contributed by atoms with E-state index in [1.165, 1.54) is 0 Å². The number of fused-ring (bicyclic) bond motifs is 1. The van der Waals surface area contributed by atoms with Gasteiger partial charge in [0.1, 0.15) is 17.7 Å². The second-order valence-electron chi connectivity index (χ2n) is 6.82. The third-order valence-electron chi connectivity index (χ3n) is 4.95. The highest BCUT2D eigenvalue weighted by atomic mass is 15.2. The first-order chi connectivity index (χ1) is 12.2. The minimum absolute atomic E-state index is 0.329. The largest absolute Gasteiger partial charge is 0.355 e. The first-order valence-corrected chi connectivity index (χ1v) is 8.73. The Morgan fingerprint density at radius 3 is 2.88 bits per heavy atom. The van der Waals surface area contributed by atoms with Crippen molar-refractivity contribution < 1.29 is 0 Å². The zero-order valence-electron chi connectivity index (χ0n) is 14.6. The molecule has 0 unspecified atom stereocenters. The molecule has 1 aliphatic heterocycles. The number of aryl methyl sites for hydroxylation is 2. The number of nitrogens with zero attached hydrogens (tertiary/aromatic N) is 4. The van der Waals surface area contributed by atoms with Crippen LogP contribution in [0.3, 0.4) is 0 Å². The molecule has 0 spiro atoms. The minimum Gasteiger partial charge on any atom is -0.355 e. The molecule has 3 heterocycles. The van der Waals surface area contributed by atoms with Gasteiger partial charge in [-0.1, -0.05) is 12.1 Å². The number of anilines is 1. The molecular weight excluding hydrogens is 310 g/mol. The SMILES string of the molecule is Cc1cc(C)c(C#N)c(N2CCC[C@H](c3nc4ccccc4[nH]3)C2)n1. The summed E-state index contributed by atoms with van der Waals surface area (Å²) >= 11 is 0. The molecule has 0 aliphatic carbocycles. The number of hydrogen-bond donors (Lipinski definition) is 1. The molecule has 2 aromatic heterocycles. The first-order valence-electron chi connectivity index (χ1n) is 8.73. The van der Waals surface area contributed by atoms with E-state index in [2.05, 4.69) is 27.0 Å². The third kappa shape index (κ3) is 2.85. The molecule has 0 radical (unpaired) electrons. The zero-order chi connectivity index (χ0) is 17.4. The number of aromatic amines is 1. The fraction of sp³-hybridized carbons (Fsp3) is 0.350. The predicted octanol–water partition coefficient (Wildman–Crippen LogP) is 3.83. The summed E-state index contributed by atoms with van der Waals surface area (Å²) < 4.78 is 0. The Morgan fingerprint density at radius 2 is 2.08 bits per heavy atom. The Labute approximate surface area is 147 Å². The summed E-state index contributed by atoms with van der Waals surface area (Å²) in [6, 6.07) is 12.4. The van der Waals surface area contributed by atoms with Gasteiger partial charge in [-0.25, -0.2) is 9.97 Å². The van der Waals surface area contributed by atoms with Crippen LogP contribution in [0.25, 0.3) is 11.0 Å². The highest BCUT2D eigenvalue weighted by Crippen LogP contribution is 2.31. The van der Waals surface area contributed by atoms with Crippen LogP contribution in [0.4, 0.5) is 5.82 Å². The maximum Gasteiger partial charge on any atom is 0.147 e. The lowest BCUT2D eigenvalue weighted by atomic mass is 9.96. The van der Waals surface area contributed by atoms with Gasteiger partial charge in [-0.2, -0.15) is 5.26 Å². The van der Waals surface area contributed by atoms with Crippen molar-refractivity contribution in [3.63, 3.8) is 0 Å². The number of pyridine rings is 1. The van der Waals surface area contributed by atoms with Gasteiger partial charge in [0.15, 0.2) is 0 Å². The summed E-state index contributed by atoms with van der Waals surface area (Å²) in [6.07, 6.45) is 2.17. The number of imidazole rings is 1. The van der Waals surface area contributed by atoms with Gasteiger partial charge in [0.05, 0.1) is 16.6 Å². The van der Waals surface area contributed by atoms with Crippen LogP contribution in [-0.4, -0.2) is 28.0 Å². The molecule has 0 amide bonds. The first kappa shape index (κ1) is 15.6. The predicted molar refractivity (Wildman–Crippen MR) is 98.7 cm³/mol. The normalized spacial score (nSPS) is 17.6. The highest BCUT2D eigenvalue weighted by Gasteiger charge is 2.26. The fourth-order valence-corrected chi connectivity index (χ4v) is 3.74. The quantitative estimate of drug-likeness (QED) is 0.775. The van der Waals surface area contributed by atoms with E-state index in [-0.39, 0.29) is 0 Å². The van der Waals surface area contributed by atoms with Crippen molar-refractivity contribution in [2.45, 2.75) is 32.6 Å². The van der Waals surface area contributed by atoms with E-state index in [0.29, 0.717) is 11.5 Å². The second-order valence-corrected chi connectivity index (χ2v) is 6.82. The smallest absolute Gasteiger partial charge is 0.147 e. The number of rotatable bonds is 2. The number of para-hydroxylation sites is 2. The summed E-state index contributed by atoms with van der Waals surface area (Å²) in [4.78, 5) is 15.2. The van der Waals surface area contributed by atoms with Crippen LogP contribution in [0.15, 0.2) is 30.3 Å². The number of aromatic nitrogens is 3. The van der Waals surface area contributed by atoms with Crippen molar-refractivity contribution in [3.8, 4) is 6.07 Å². The molecule has 3 aromatic rings. The molecule has 1 aliphatic rings. The molecule has 1 fully saturated rings. The average molecular weight is 331 g/mol. The lowest BCUT2D eigenvalue weighted by Gasteiger charge is -2.33. The van der Waals surface area contributed by atoms with Crippen molar-refractivity contribution in [3.05, 3.63) is 53.0 Å². The number of H-pyrrole nitrogens is 1. The van der Waals surface area contributed by atoms with E-state index in [1.54, 1.807) is 0 Å². The van der Waals surface area contributed by atoms with Crippen LogP contribution >= 0.6 is 0 Å². The summed E-state index contributed by atoms with van der Waals surface area (Å²) in [5.41, 5.74) is 4.73. The number of nitriles is 1. The number of nitrogens with one attached hydrogen (secondary N) is 1. The number of piperidine rings is 1. The lowest BCUT2D eigenvalue weighted by molar-refractivity contribution is 0.492. The monoisotopic (exact) mass is 331 g/mol. The van der Waals surface area contributed by atoms with Crippen molar-refractivity contribution in [2.24, 2.45) is 0 Å². The topological polar surface area (TPSA) is 68.6 Å². The summed E-state index contributed by atoms with van der Waals surface area (Å²) in [5, 5.41) is 9.56. The van der Waals surface area contributed by atoms with Crippen LogP contribution in [0, 0.1) is 25.2 Å². The van der Waals surface area contributed by atoms with Crippen LogP contribution in [-0.2, 0) is 0 Å². The van der Waals surface area contributed by atoms with Crippen molar-refractivity contribution in [1.29, 1.82) is 5.26 Å². The van der Waals surface area contributed by atoms with Gasteiger partial charge < -0.3 is 9.88 Å². The molecule has 1 atom stereocenters. The van der Waals surface area contributed by atoms with E-state index >= 15 is 0 Å². The fourth-order valence-electron chi connectivity index (χ4n) is 3.74. The third-order valence-corrected chi connectivity index (χ3v) is 4.95. The maximum absolute atomic E-state index is 9.56. The molecule has 5 nitrogen and oxygen atoms in total. The standard InChI is InChI=1S/C20H21N5/c1-13-10-14(2)22-20(16(13)11-21)25-9-5-6-15(12-25)19-23-17-7-3-4-8-18(17)24-19/h3-4,7-8,10,15H,5-6,9,12H2,1-2H3,(H,23,24)/t15-/m0/s1. The molecule has 4 rings (SSSR count). The zero-order valence-corrected chi connectivity index (χ0v) is 14.6. The Balaban J connectivity index is 1.67. The van der Waals surface area contributed by atoms with E-state index in [4.69, 9.17) is 4.98 Å². The van der Waals surface area contributed by atoms with Crippen LogP contribution in [0.5, 0.6) is 0 Å². The summed E-state index contributed by atoms with van der Waals surface area (Å²) in [5.74, 6) is 2.19. The van der Waals surface area contributed by atoms with Crippen molar-refractivity contribution in [1.82, 2.24) is 15.0 Å². The molecule has 0 bridgehead atoms. The molecule has 1 saturated heterocycles. The molecule has 5 heteroatoms. The molecule has 1 N–H and O–H groups in total. The summed E-state index contributed by atoms with van der Waals surface area (Å²) in [7, 11) is 0. The maximum atomic E-state index is 9.56. The number of hydrogen-bond acceptors (Lipinski definition) is 4. The van der Waals surface area contributed by atoms with Gasteiger partial charge in [0, 0.05) is 24.7 Å². The second kappa shape index (κ2) is 6.21. The van der Waals surface area contributed by atoms with Gasteiger partial charge in [-0.15, -0.1) is 0 Å². The van der Waals surface area contributed by atoms with Gasteiger partial charge in [-0.3, -0.25) is 0 Å². The van der Waals surface area contributed by atoms with E-state index in [9.17, 15) is 5.26 Å². The Bertz CT molecular complexity index is 933. The Kier molecular flexibility index (Phi) is 3.89. The van der Waals surface area contributed by atoms with Gasteiger partial charge in [-0.05, 0) is 50.5 Å². The van der Waals surface area contributed by atoms with Crippen LogP contribution < -0.4 is 4.90 Å². The number of benzene rings is 1. The molecule has 1 aromatic carbocycles. The lowest BCUT2D eigenvalue weighted by Crippen LogP contribution is -2.36. The molecule has 25 heavy (non-hydrogen) atoms. The molecular formula is C20H21N5. The van der Waals surface area contributed by atoms with Crippen molar-refractivity contribution in [2.75, 3.05) is 18.0 Å². The van der Waals surface area contributed by atoms with E-state index in [1.807, 2.05) is 38.1 Å². The van der Waals surface area contributed by atoms with E-state index in [0.717, 1.165) is 59.9 Å².